The van der Waals surface area contributed by atoms with Crippen molar-refractivity contribution in [3.63, 3.8) is 0 Å². The number of nitrogens with one attached hydrogen (secondary N) is 1. The number of nitrogens with two attached hydrogens (primary N) is 1. The summed E-state index contributed by atoms with van der Waals surface area (Å²) in [6.45, 7) is 0. The van der Waals surface area contributed by atoms with Gasteiger partial charge in [-0.3, -0.25) is 10.1 Å². The Bertz CT molecular complexity index is 1150. The van der Waals surface area contributed by atoms with Gasteiger partial charge in [0.25, 0.3) is 0 Å². The number of hydrogen-bond acceptors (Lipinski definition) is 7. The predicted molar refractivity (Wildman–Crippen MR) is 114 cm³/mol. The molecule has 3 rings (SSSR count). The number of hydrogen-bond donors (Lipinski definition) is 2. The van der Waals surface area contributed by atoms with Crippen molar-refractivity contribution < 1.29 is 26.4 Å². The SMILES string of the molecule is NC1=NC(=O)NC(=O)C1(CCS(=O)(=O)c1ccccc1)CCS(=O)(=O)c1ccccc1. The summed E-state index contributed by atoms with van der Waals surface area (Å²) in [5.41, 5.74) is 4.16. The Hall–Kier alpha value is -3.05. The molecule has 0 radical (unpaired) electrons. The number of imide groups is 1. The number of carbonyl (C=O) groups is 2. The Morgan fingerprint density at radius 2 is 1.19 bits per heavy atom. The molecule has 3 N–H and O–H groups in total. The third-order valence-electron chi connectivity index (χ3n) is 5.17. The lowest BCUT2D eigenvalue weighted by Crippen LogP contribution is -2.56. The second kappa shape index (κ2) is 8.60. The molecule has 0 spiro atoms. The van der Waals surface area contributed by atoms with E-state index in [2.05, 4.69) is 4.99 Å². The van der Waals surface area contributed by atoms with Crippen LogP contribution in [-0.2, 0) is 24.5 Å². The van der Waals surface area contributed by atoms with E-state index in [1.165, 1.54) is 24.3 Å². The van der Waals surface area contributed by atoms with E-state index in [0.717, 1.165) is 0 Å². The summed E-state index contributed by atoms with van der Waals surface area (Å²) in [6, 6.07) is 14.3. The van der Waals surface area contributed by atoms with Crippen LogP contribution in [0, 0.1) is 5.41 Å². The Morgan fingerprint density at radius 3 is 1.58 bits per heavy atom. The highest BCUT2D eigenvalue weighted by molar-refractivity contribution is 7.91. The lowest BCUT2D eigenvalue weighted by atomic mass is 9.79. The van der Waals surface area contributed by atoms with Crippen LogP contribution < -0.4 is 11.1 Å². The van der Waals surface area contributed by atoms with Gasteiger partial charge in [0.05, 0.1) is 21.3 Å². The van der Waals surface area contributed by atoms with Crippen molar-refractivity contribution in [3.05, 3.63) is 60.7 Å². The van der Waals surface area contributed by atoms with Crippen LogP contribution in [0.25, 0.3) is 0 Å². The van der Waals surface area contributed by atoms with Crippen LogP contribution in [0.15, 0.2) is 75.4 Å². The molecule has 1 aliphatic rings. The first-order valence-corrected chi connectivity index (χ1v) is 12.6. The zero-order chi connectivity index (χ0) is 22.7. The Morgan fingerprint density at radius 1 is 0.774 bits per heavy atom. The maximum Gasteiger partial charge on any atom is 0.349 e. The van der Waals surface area contributed by atoms with Crippen molar-refractivity contribution in [3.8, 4) is 0 Å². The molecule has 0 aliphatic carbocycles. The van der Waals surface area contributed by atoms with E-state index in [0.29, 0.717) is 0 Å². The highest BCUT2D eigenvalue weighted by atomic mass is 32.2. The summed E-state index contributed by atoms with van der Waals surface area (Å²) < 4.78 is 50.9. The molecule has 0 saturated carbocycles. The first-order chi connectivity index (χ1) is 14.6. The lowest BCUT2D eigenvalue weighted by molar-refractivity contribution is -0.126. The fourth-order valence-corrected chi connectivity index (χ4v) is 6.14. The summed E-state index contributed by atoms with van der Waals surface area (Å²) in [4.78, 5) is 28.0. The molecule has 31 heavy (non-hydrogen) atoms. The van der Waals surface area contributed by atoms with Crippen molar-refractivity contribution in [2.24, 2.45) is 16.1 Å². The minimum atomic E-state index is -3.79. The largest absolute Gasteiger partial charge is 0.386 e. The van der Waals surface area contributed by atoms with Crippen molar-refractivity contribution in [2.45, 2.75) is 22.6 Å². The standard InChI is InChI=1S/C20H21N3O6S2/c21-17-20(18(24)23-19(25)22-17,11-13-30(26,27)15-7-3-1-4-8-15)12-14-31(28,29)16-9-5-2-6-10-16/h1-10H,11-14H2,(H3,21,22,23,24,25). The van der Waals surface area contributed by atoms with E-state index in [1.54, 1.807) is 36.4 Å². The Labute approximate surface area is 180 Å². The molecule has 0 atom stereocenters. The fourth-order valence-electron chi connectivity index (χ4n) is 3.29. The minimum Gasteiger partial charge on any atom is -0.386 e. The lowest BCUT2D eigenvalue weighted by Gasteiger charge is -2.33. The molecule has 0 fully saturated rings. The third-order valence-corrected chi connectivity index (χ3v) is 8.63. The van der Waals surface area contributed by atoms with Gasteiger partial charge < -0.3 is 5.73 Å². The van der Waals surface area contributed by atoms with Crippen molar-refractivity contribution in [1.29, 1.82) is 0 Å². The summed E-state index contributed by atoms with van der Waals surface area (Å²) in [7, 11) is -7.58. The molecular weight excluding hydrogens is 442 g/mol. The Kier molecular flexibility index (Phi) is 6.27. The van der Waals surface area contributed by atoms with Crippen LogP contribution in [0.5, 0.6) is 0 Å². The first-order valence-electron chi connectivity index (χ1n) is 9.32. The van der Waals surface area contributed by atoms with Gasteiger partial charge in [-0.1, -0.05) is 36.4 Å². The summed E-state index contributed by atoms with van der Waals surface area (Å²) >= 11 is 0. The van der Waals surface area contributed by atoms with Crippen LogP contribution in [0.4, 0.5) is 4.79 Å². The average Bonchev–Trinajstić information content (AvgIpc) is 2.74. The molecule has 2 aromatic carbocycles. The topological polar surface area (TPSA) is 153 Å². The quantitative estimate of drug-likeness (QED) is 0.598. The molecule has 1 aliphatic heterocycles. The van der Waals surface area contributed by atoms with Crippen LogP contribution in [0.3, 0.4) is 0 Å². The van der Waals surface area contributed by atoms with Gasteiger partial charge in [-0.25, -0.2) is 21.6 Å². The number of nitrogens with zero attached hydrogens (tertiary/aromatic N) is 1. The summed E-state index contributed by atoms with van der Waals surface area (Å²) in [5.74, 6) is -2.23. The van der Waals surface area contributed by atoms with Crippen LogP contribution in [-0.4, -0.2) is 46.1 Å². The maximum atomic E-state index is 12.8. The summed E-state index contributed by atoms with van der Waals surface area (Å²) in [6.07, 6.45) is -0.661. The molecule has 0 bridgehead atoms. The number of benzene rings is 2. The smallest absolute Gasteiger partial charge is 0.349 e. The van der Waals surface area contributed by atoms with Crippen molar-refractivity contribution in [2.75, 3.05) is 11.5 Å². The number of urea groups is 1. The van der Waals surface area contributed by atoms with E-state index in [-0.39, 0.29) is 22.6 Å². The van der Waals surface area contributed by atoms with Crippen LogP contribution in [0.2, 0.25) is 0 Å². The number of amides is 3. The van der Waals surface area contributed by atoms with E-state index in [4.69, 9.17) is 5.73 Å². The third kappa shape index (κ3) is 4.83. The summed E-state index contributed by atoms with van der Waals surface area (Å²) in [5, 5.41) is 2.02. The number of rotatable bonds is 8. The van der Waals surface area contributed by atoms with E-state index >= 15 is 0 Å². The highest BCUT2D eigenvalue weighted by Gasteiger charge is 2.47. The Balaban J connectivity index is 1.91. The maximum absolute atomic E-state index is 12.8. The van der Waals surface area contributed by atoms with Crippen molar-refractivity contribution in [1.82, 2.24) is 5.32 Å². The number of sulfone groups is 2. The van der Waals surface area contributed by atoms with Crippen molar-refractivity contribution >= 4 is 37.4 Å². The van der Waals surface area contributed by atoms with Gasteiger partial charge in [0.1, 0.15) is 11.3 Å². The molecule has 2 aromatic rings. The average molecular weight is 464 g/mol. The van der Waals surface area contributed by atoms with Gasteiger partial charge in [0.15, 0.2) is 19.7 Å². The second-order valence-electron chi connectivity index (χ2n) is 7.10. The monoisotopic (exact) mass is 463 g/mol. The van der Waals surface area contributed by atoms with Crippen LogP contribution in [0.1, 0.15) is 12.8 Å². The van der Waals surface area contributed by atoms with Gasteiger partial charge in [0.2, 0.25) is 5.91 Å². The van der Waals surface area contributed by atoms with Gasteiger partial charge in [-0.05, 0) is 37.1 Å². The molecule has 0 saturated heterocycles. The molecular formula is C20H21N3O6S2. The molecule has 0 unspecified atom stereocenters. The normalized spacial score (nSPS) is 16.5. The highest BCUT2D eigenvalue weighted by Crippen LogP contribution is 2.33. The van der Waals surface area contributed by atoms with E-state index < -0.39 is 54.4 Å². The number of amidine groups is 1. The number of carbonyl (C=O) groups excluding carboxylic acids is 2. The molecule has 3 amide bonds. The molecule has 164 valence electrons. The van der Waals surface area contributed by atoms with Gasteiger partial charge in [-0.15, -0.1) is 0 Å². The fraction of sp³-hybridized carbons (Fsp3) is 0.250. The molecule has 1 heterocycles. The minimum absolute atomic E-state index is 0.0601. The van der Waals surface area contributed by atoms with Gasteiger partial charge in [0, 0.05) is 0 Å². The zero-order valence-corrected chi connectivity index (χ0v) is 18.0. The number of aliphatic imine (C=N–C) groups is 1. The molecule has 0 aromatic heterocycles. The van der Waals surface area contributed by atoms with E-state index in [9.17, 15) is 26.4 Å². The van der Waals surface area contributed by atoms with E-state index in [1.807, 2.05) is 5.32 Å². The molecule has 11 heteroatoms. The predicted octanol–water partition coefficient (Wildman–Crippen LogP) is 1.31. The van der Waals surface area contributed by atoms with Crippen LogP contribution >= 0.6 is 0 Å². The zero-order valence-electron chi connectivity index (χ0n) is 16.4. The van der Waals surface area contributed by atoms with Gasteiger partial charge >= 0.3 is 6.03 Å². The second-order valence-corrected chi connectivity index (χ2v) is 11.3. The molecule has 9 nitrogen and oxygen atoms in total. The first kappa shape index (κ1) is 22.6. The van der Waals surface area contributed by atoms with Gasteiger partial charge in [-0.2, -0.15) is 4.99 Å².